The lowest BCUT2D eigenvalue weighted by Gasteiger charge is -2.18. The third-order valence-electron chi connectivity index (χ3n) is 16.3. The largest absolute Gasteiger partial charge is 0.462 e. The lowest BCUT2D eigenvalue weighted by molar-refractivity contribution is -0.167. The van der Waals surface area contributed by atoms with E-state index in [2.05, 4.69) is 32.9 Å². The zero-order chi connectivity index (χ0) is 55.7. The molecule has 0 N–H and O–H groups in total. The minimum absolute atomic E-state index is 0.0669. The first-order valence-corrected chi connectivity index (χ1v) is 35.2. The van der Waals surface area contributed by atoms with Crippen LogP contribution in [0, 0.1) is 0 Å². The Hall–Kier alpha value is -1.85. The van der Waals surface area contributed by atoms with Gasteiger partial charge < -0.3 is 14.2 Å². The highest BCUT2D eigenvalue weighted by atomic mass is 16.6. The number of allylic oxidation sites excluding steroid dienone is 2. The summed E-state index contributed by atoms with van der Waals surface area (Å²) in [6.07, 6.45) is 79.7. The Morgan fingerprint density at radius 3 is 0.649 bits per heavy atom. The summed E-state index contributed by atoms with van der Waals surface area (Å²) in [7, 11) is 0. The molecule has 0 aliphatic carbocycles. The van der Waals surface area contributed by atoms with E-state index in [-0.39, 0.29) is 31.1 Å². The maximum atomic E-state index is 12.9. The van der Waals surface area contributed by atoms with E-state index in [1.165, 1.54) is 302 Å². The lowest BCUT2D eigenvalue weighted by atomic mass is 10.0. The molecule has 6 nitrogen and oxygen atoms in total. The molecule has 0 aromatic heterocycles. The van der Waals surface area contributed by atoms with E-state index in [0.29, 0.717) is 19.3 Å². The van der Waals surface area contributed by atoms with E-state index in [9.17, 15) is 14.4 Å². The molecule has 456 valence electrons. The number of ether oxygens (including phenoxy) is 3. The molecule has 0 saturated heterocycles. The molecule has 0 rings (SSSR count). The fourth-order valence-electron chi connectivity index (χ4n) is 11.0. The van der Waals surface area contributed by atoms with E-state index in [0.717, 1.165) is 64.2 Å². The minimum atomic E-state index is -0.770. The predicted octanol–water partition coefficient (Wildman–Crippen LogP) is 24.0. The second kappa shape index (κ2) is 66.7. The highest BCUT2D eigenvalue weighted by molar-refractivity contribution is 5.71. The lowest BCUT2D eigenvalue weighted by Crippen LogP contribution is -2.30. The average Bonchev–Trinajstić information content (AvgIpc) is 3.43. The molecule has 0 heterocycles. The fourth-order valence-corrected chi connectivity index (χ4v) is 11.0. The van der Waals surface area contributed by atoms with Gasteiger partial charge >= 0.3 is 17.9 Å². The van der Waals surface area contributed by atoms with E-state index < -0.39 is 6.10 Å². The Balaban J connectivity index is 4.08. The van der Waals surface area contributed by atoms with Crippen LogP contribution in [0.15, 0.2) is 12.2 Å². The van der Waals surface area contributed by atoms with Gasteiger partial charge in [0.1, 0.15) is 13.2 Å². The van der Waals surface area contributed by atoms with Crippen molar-refractivity contribution in [3.63, 3.8) is 0 Å². The highest BCUT2D eigenvalue weighted by Gasteiger charge is 2.19. The molecular weight excluding hydrogens is 949 g/mol. The molecule has 1 unspecified atom stereocenters. The van der Waals surface area contributed by atoms with Crippen LogP contribution in [0.2, 0.25) is 0 Å². The van der Waals surface area contributed by atoms with Crippen LogP contribution in [-0.4, -0.2) is 37.2 Å². The zero-order valence-corrected chi connectivity index (χ0v) is 52.5. The van der Waals surface area contributed by atoms with Crippen molar-refractivity contribution in [2.75, 3.05) is 13.2 Å². The first-order chi connectivity index (χ1) is 38.0. The Morgan fingerprint density at radius 1 is 0.247 bits per heavy atom. The van der Waals surface area contributed by atoms with Crippen molar-refractivity contribution in [1.29, 1.82) is 0 Å². The van der Waals surface area contributed by atoms with Crippen LogP contribution in [0.25, 0.3) is 0 Å². The predicted molar refractivity (Wildman–Crippen MR) is 335 cm³/mol. The van der Waals surface area contributed by atoms with E-state index in [1.807, 2.05) is 0 Å². The number of hydrogen-bond acceptors (Lipinski definition) is 6. The zero-order valence-electron chi connectivity index (χ0n) is 52.5. The van der Waals surface area contributed by atoms with Gasteiger partial charge in [-0.25, -0.2) is 0 Å². The van der Waals surface area contributed by atoms with Gasteiger partial charge in [0.25, 0.3) is 0 Å². The van der Waals surface area contributed by atoms with Crippen molar-refractivity contribution in [2.24, 2.45) is 0 Å². The van der Waals surface area contributed by atoms with Gasteiger partial charge in [-0.1, -0.05) is 354 Å². The summed E-state index contributed by atoms with van der Waals surface area (Å²) in [6, 6.07) is 0. The maximum absolute atomic E-state index is 12.9. The van der Waals surface area contributed by atoms with Gasteiger partial charge in [0, 0.05) is 19.3 Å². The number of hydrogen-bond donors (Lipinski definition) is 0. The molecule has 0 aliphatic rings. The quantitative estimate of drug-likeness (QED) is 0.0261. The van der Waals surface area contributed by atoms with Crippen LogP contribution in [0.3, 0.4) is 0 Å². The molecule has 0 saturated carbocycles. The van der Waals surface area contributed by atoms with Crippen molar-refractivity contribution >= 4 is 17.9 Å². The number of esters is 3. The smallest absolute Gasteiger partial charge is 0.306 e. The molecule has 0 aromatic carbocycles. The van der Waals surface area contributed by atoms with Crippen LogP contribution in [0.4, 0.5) is 0 Å². The molecule has 6 heteroatoms. The minimum Gasteiger partial charge on any atom is -0.462 e. The number of unbranched alkanes of at least 4 members (excludes halogenated alkanes) is 53. The van der Waals surface area contributed by atoms with Crippen LogP contribution in [-0.2, 0) is 28.6 Å². The van der Waals surface area contributed by atoms with Crippen LogP contribution < -0.4 is 0 Å². The van der Waals surface area contributed by atoms with Gasteiger partial charge in [0.05, 0.1) is 0 Å². The molecule has 0 radical (unpaired) electrons. The summed E-state index contributed by atoms with van der Waals surface area (Å²) in [5.41, 5.74) is 0. The summed E-state index contributed by atoms with van der Waals surface area (Å²) in [5, 5.41) is 0. The molecule has 0 aromatic rings. The summed E-state index contributed by atoms with van der Waals surface area (Å²) in [4.78, 5) is 38.3. The van der Waals surface area contributed by atoms with Gasteiger partial charge in [-0.2, -0.15) is 0 Å². The van der Waals surface area contributed by atoms with Gasteiger partial charge in [-0.3, -0.25) is 14.4 Å². The standard InChI is InChI=1S/C71H136O6/c1-4-7-10-13-16-19-22-25-28-29-30-31-32-33-34-35-36-37-38-39-40-41-42-43-44-47-49-52-55-58-61-64-70(73)76-67-68(77-71(74)65-62-59-56-53-50-46-27-24-21-18-15-12-9-6-3)66-75-69(72)63-60-57-54-51-48-45-26-23-20-17-14-11-8-5-2/h24,27,68H,4-23,25-26,28-67H2,1-3H3/b27-24-. The Kier molecular flexibility index (Phi) is 65.1. The van der Waals surface area contributed by atoms with E-state index in [1.54, 1.807) is 0 Å². The first kappa shape index (κ1) is 75.2. The van der Waals surface area contributed by atoms with Gasteiger partial charge in [-0.05, 0) is 44.9 Å². The number of carbonyl (C=O) groups is 3. The van der Waals surface area contributed by atoms with Crippen molar-refractivity contribution in [1.82, 2.24) is 0 Å². The first-order valence-electron chi connectivity index (χ1n) is 35.2. The summed E-state index contributed by atoms with van der Waals surface area (Å²) >= 11 is 0. The fraction of sp³-hybridized carbons (Fsp3) is 0.930. The van der Waals surface area contributed by atoms with Crippen molar-refractivity contribution in [3.8, 4) is 0 Å². The SMILES string of the molecule is CCCCCCC/C=C\CCCCCCCC(=O)OC(COC(=O)CCCCCCCCCCCCCCCC)COC(=O)CCCCCCCCCCCCCCCCCCCCCCCCCCCCCCCCC. The van der Waals surface area contributed by atoms with Gasteiger partial charge in [-0.15, -0.1) is 0 Å². The molecule has 0 spiro atoms. The number of carbonyl (C=O) groups excluding carboxylic acids is 3. The molecular formula is C71H136O6. The van der Waals surface area contributed by atoms with Gasteiger partial charge in [0.2, 0.25) is 0 Å². The normalized spacial score (nSPS) is 12.0. The summed E-state index contributed by atoms with van der Waals surface area (Å²) in [5.74, 6) is -0.844. The topological polar surface area (TPSA) is 78.9 Å². The van der Waals surface area contributed by atoms with Crippen molar-refractivity contribution in [3.05, 3.63) is 12.2 Å². The third-order valence-corrected chi connectivity index (χ3v) is 16.3. The molecule has 0 bridgehead atoms. The Labute approximate surface area is 481 Å². The molecule has 1 atom stereocenters. The van der Waals surface area contributed by atoms with Crippen molar-refractivity contribution < 1.29 is 28.6 Å². The van der Waals surface area contributed by atoms with Gasteiger partial charge in [0.15, 0.2) is 6.10 Å². The highest BCUT2D eigenvalue weighted by Crippen LogP contribution is 2.19. The van der Waals surface area contributed by atoms with E-state index in [4.69, 9.17) is 14.2 Å². The number of rotatable bonds is 66. The summed E-state index contributed by atoms with van der Waals surface area (Å²) < 4.78 is 17.0. The molecule has 77 heavy (non-hydrogen) atoms. The van der Waals surface area contributed by atoms with Crippen molar-refractivity contribution in [2.45, 2.75) is 412 Å². The van der Waals surface area contributed by atoms with Crippen LogP contribution in [0.1, 0.15) is 406 Å². The molecule has 0 amide bonds. The Morgan fingerprint density at radius 2 is 0.429 bits per heavy atom. The Bertz CT molecular complexity index is 1200. The monoisotopic (exact) mass is 1090 g/mol. The molecule has 0 fully saturated rings. The second-order valence-electron chi connectivity index (χ2n) is 24.2. The van der Waals surface area contributed by atoms with Crippen LogP contribution >= 0.6 is 0 Å². The summed E-state index contributed by atoms with van der Waals surface area (Å²) in [6.45, 7) is 6.70. The average molecular weight is 1090 g/mol. The van der Waals surface area contributed by atoms with Crippen LogP contribution in [0.5, 0.6) is 0 Å². The second-order valence-corrected chi connectivity index (χ2v) is 24.2. The third kappa shape index (κ3) is 64.9. The maximum Gasteiger partial charge on any atom is 0.306 e. The molecule has 0 aliphatic heterocycles. The van der Waals surface area contributed by atoms with E-state index >= 15 is 0 Å².